The topological polar surface area (TPSA) is 109 Å². The molecule has 2 aromatic heterocycles. The van der Waals surface area contributed by atoms with Gasteiger partial charge in [0.25, 0.3) is 0 Å². The molecule has 0 radical (unpaired) electrons. The molecule has 8 heteroatoms. The summed E-state index contributed by atoms with van der Waals surface area (Å²) in [6, 6.07) is 14.5. The molecule has 0 aliphatic carbocycles. The van der Waals surface area contributed by atoms with Gasteiger partial charge in [0, 0.05) is 11.4 Å². The van der Waals surface area contributed by atoms with E-state index >= 15 is 0 Å². The highest BCUT2D eigenvalue weighted by Gasteiger charge is 2.14. The Morgan fingerprint density at radius 2 is 1.48 bits per heavy atom. The van der Waals surface area contributed by atoms with E-state index in [-0.39, 0.29) is 5.75 Å². The van der Waals surface area contributed by atoms with Crippen LogP contribution in [0.2, 0.25) is 0 Å². The van der Waals surface area contributed by atoms with Crippen LogP contribution in [0.1, 0.15) is 5.56 Å². The minimum Gasteiger partial charge on any atom is -0.508 e. The number of nitrogens with zero attached hydrogens (tertiary/aromatic N) is 4. The molecule has 4 aromatic rings. The van der Waals surface area contributed by atoms with E-state index in [0.29, 0.717) is 22.9 Å². The van der Waals surface area contributed by atoms with E-state index in [1.807, 2.05) is 31.2 Å². The minimum absolute atomic E-state index is 0.186. The number of aromatic hydroxyl groups is 1. The second-order valence-electron chi connectivity index (χ2n) is 5.44. The number of anilines is 4. The number of para-hydroxylation sites is 1. The third-order valence-corrected chi connectivity index (χ3v) is 3.64. The summed E-state index contributed by atoms with van der Waals surface area (Å²) in [6.45, 7) is 2.00. The van der Waals surface area contributed by atoms with Gasteiger partial charge in [0.05, 0.1) is 0 Å². The van der Waals surface area contributed by atoms with Gasteiger partial charge in [0.2, 0.25) is 11.3 Å². The zero-order valence-electron chi connectivity index (χ0n) is 13.3. The summed E-state index contributed by atoms with van der Waals surface area (Å²) in [5.74, 6) is 1.15. The van der Waals surface area contributed by atoms with Crippen molar-refractivity contribution in [3.05, 3.63) is 54.1 Å². The molecule has 0 fully saturated rings. The predicted molar refractivity (Wildman–Crippen MR) is 93.2 cm³/mol. The summed E-state index contributed by atoms with van der Waals surface area (Å²) in [4.78, 5) is 8.85. The molecule has 0 aliphatic heterocycles. The van der Waals surface area contributed by atoms with Crippen LogP contribution in [0.3, 0.4) is 0 Å². The number of hydrogen-bond donors (Lipinski definition) is 3. The summed E-state index contributed by atoms with van der Waals surface area (Å²) in [6.07, 6.45) is 0. The zero-order valence-corrected chi connectivity index (χ0v) is 13.3. The maximum Gasteiger partial charge on any atom is 0.245 e. The summed E-state index contributed by atoms with van der Waals surface area (Å²) in [5.41, 5.74) is 3.33. The quantitative estimate of drug-likeness (QED) is 0.486. The van der Waals surface area contributed by atoms with Crippen molar-refractivity contribution in [1.82, 2.24) is 20.3 Å². The molecule has 0 amide bonds. The SMILES string of the molecule is Cc1ccccc1Nc1nc2nonc2nc1Nc1ccc(O)cc1. The highest BCUT2D eigenvalue weighted by molar-refractivity contribution is 5.79. The molecular formula is C17H14N6O2. The molecule has 4 rings (SSSR count). The Hall–Kier alpha value is -3.68. The Labute approximate surface area is 142 Å². The first-order valence-electron chi connectivity index (χ1n) is 7.58. The van der Waals surface area contributed by atoms with Gasteiger partial charge in [-0.05, 0) is 53.1 Å². The predicted octanol–water partition coefficient (Wildman–Crippen LogP) is 3.51. The van der Waals surface area contributed by atoms with Crippen molar-refractivity contribution in [2.24, 2.45) is 0 Å². The van der Waals surface area contributed by atoms with Gasteiger partial charge >= 0.3 is 0 Å². The largest absolute Gasteiger partial charge is 0.508 e. The fraction of sp³-hybridized carbons (Fsp3) is 0.0588. The normalized spacial score (nSPS) is 10.8. The van der Waals surface area contributed by atoms with Crippen molar-refractivity contribution in [2.75, 3.05) is 10.6 Å². The van der Waals surface area contributed by atoms with E-state index in [9.17, 15) is 5.11 Å². The average Bonchev–Trinajstić information content (AvgIpc) is 3.06. The van der Waals surface area contributed by atoms with Crippen LogP contribution in [0.4, 0.5) is 23.0 Å². The van der Waals surface area contributed by atoms with Crippen molar-refractivity contribution in [1.29, 1.82) is 0 Å². The molecular weight excluding hydrogens is 320 g/mol. The van der Waals surface area contributed by atoms with Crippen LogP contribution in [0.15, 0.2) is 53.2 Å². The Morgan fingerprint density at radius 3 is 2.16 bits per heavy atom. The molecule has 124 valence electrons. The van der Waals surface area contributed by atoms with E-state index in [1.165, 1.54) is 0 Å². The van der Waals surface area contributed by atoms with Gasteiger partial charge in [-0.15, -0.1) is 0 Å². The van der Waals surface area contributed by atoms with Crippen molar-refractivity contribution in [3.63, 3.8) is 0 Å². The van der Waals surface area contributed by atoms with Crippen LogP contribution >= 0.6 is 0 Å². The second-order valence-corrected chi connectivity index (χ2v) is 5.44. The number of phenolic OH excluding ortho intramolecular Hbond substituents is 1. The van der Waals surface area contributed by atoms with E-state index in [4.69, 9.17) is 4.63 Å². The fourth-order valence-corrected chi connectivity index (χ4v) is 2.33. The van der Waals surface area contributed by atoms with E-state index in [2.05, 4.69) is 30.9 Å². The molecule has 0 bridgehead atoms. The molecule has 0 aliphatic rings. The number of hydrogen-bond acceptors (Lipinski definition) is 8. The molecule has 0 spiro atoms. The van der Waals surface area contributed by atoms with Crippen LogP contribution < -0.4 is 10.6 Å². The first-order valence-corrected chi connectivity index (χ1v) is 7.58. The summed E-state index contributed by atoms with van der Waals surface area (Å²) in [5, 5.41) is 23.3. The number of aromatic nitrogens is 4. The molecule has 0 saturated carbocycles. The molecule has 2 aromatic carbocycles. The Bertz CT molecular complexity index is 1030. The molecule has 0 saturated heterocycles. The Balaban J connectivity index is 1.75. The van der Waals surface area contributed by atoms with E-state index < -0.39 is 0 Å². The first kappa shape index (κ1) is 14.9. The maximum atomic E-state index is 9.42. The lowest BCUT2D eigenvalue weighted by atomic mass is 10.2. The molecule has 0 unspecified atom stereocenters. The molecule has 25 heavy (non-hydrogen) atoms. The van der Waals surface area contributed by atoms with Gasteiger partial charge in [0.15, 0.2) is 11.6 Å². The number of fused-ring (bicyclic) bond motifs is 1. The summed E-state index contributed by atoms with van der Waals surface area (Å²) in [7, 11) is 0. The van der Waals surface area contributed by atoms with Gasteiger partial charge in [0.1, 0.15) is 5.75 Å². The number of aryl methyl sites for hydroxylation is 1. The smallest absolute Gasteiger partial charge is 0.245 e. The lowest BCUT2D eigenvalue weighted by molar-refractivity contribution is 0.314. The number of rotatable bonds is 4. The second kappa shape index (κ2) is 6.08. The Morgan fingerprint density at radius 1 is 0.840 bits per heavy atom. The lowest BCUT2D eigenvalue weighted by Gasteiger charge is -2.13. The van der Waals surface area contributed by atoms with Gasteiger partial charge < -0.3 is 15.7 Å². The lowest BCUT2D eigenvalue weighted by Crippen LogP contribution is -2.04. The minimum atomic E-state index is 0.186. The van der Waals surface area contributed by atoms with Crippen LogP contribution in [-0.2, 0) is 0 Å². The van der Waals surface area contributed by atoms with Gasteiger partial charge in [-0.2, -0.15) is 0 Å². The van der Waals surface area contributed by atoms with Crippen molar-refractivity contribution in [3.8, 4) is 5.75 Å². The third kappa shape index (κ3) is 3.05. The number of nitrogens with one attached hydrogen (secondary N) is 2. The van der Waals surface area contributed by atoms with Gasteiger partial charge in [-0.25, -0.2) is 14.6 Å². The standard InChI is InChI=1S/C17H14N6O2/c1-10-4-2-3-5-13(10)19-15-14(18-11-6-8-12(24)9-7-11)20-16-17(21-15)23-25-22-16/h2-9,24H,1H3,(H,18,20,22)(H,19,21,23). The highest BCUT2D eigenvalue weighted by atomic mass is 16.6. The number of benzene rings is 2. The molecule has 2 heterocycles. The zero-order chi connectivity index (χ0) is 17.2. The van der Waals surface area contributed by atoms with E-state index in [0.717, 1.165) is 16.9 Å². The monoisotopic (exact) mass is 334 g/mol. The van der Waals surface area contributed by atoms with Crippen molar-refractivity contribution < 1.29 is 9.74 Å². The first-order chi connectivity index (χ1) is 12.2. The van der Waals surface area contributed by atoms with Crippen LogP contribution in [0, 0.1) is 6.92 Å². The van der Waals surface area contributed by atoms with Crippen molar-refractivity contribution in [2.45, 2.75) is 6.92 Å². The average molecular weight is 334 g/mol. The van der Waals surface area contributed by atoms with Crippen molar-refractivity contribution >= 4 is 34.3 Å². The molecule has 0 atom stereocenters. The summed E-state index contributed by atoms with van der Waals surface area (Å²) >= 11 is 0. The molecule has 3 N–H and O–H groups in total. The van der Waals surface area contributed by atoms with Gasteiger partial charge in [-0.1, -0.05) is 18.2 Å². The van der Waals surface area contributed by atoms with Crippen LogP contribution in [-0.4, -0.2) is 25.4 Å². The Kier molecular flexibility index (Phi) is 3.62. The number of phenols is 1. The van der Waals surface area contributed by atoms with Crippen LogP contribution in [0.25, 0.3) is 11.3 Å². The fourth-order valence-electron chi connectivity index (χ4n) is 2.33. The van der Waals surface area contributed by atoms with Crippen LogP contribution in [0.5, 0.6) is 5.75 Å². The molecule has 8 nitrogen and oxygen atoms in total. The van der Waals surface area contributed by atoms with E-state index in [1.54, 1.807) is 24.3 Å². The highest BCUT2D eigenvalue weighted by Crippen LogP contribution is 2.28. The van der Waals surface area contributed by atoms with Gasteiger partial charge in [-0.3, -0.25) is 0 Å². The maximum absolute atomic E-state index is 9.42. The summed E-state index contributed by atoms with van der Waals surface area (Å²) < 4.78 is 4.70. The third-order valence-electron chi connectivity index (χ3n) is 3.64.